The van der Waals surface area contributed by atoms with Gasteiger partial charge in [-0.15, -0.1) is 0 Å². The summed E-state index contributed by atoms with van der Waals surface area (Å²) < 4.78 is 4.67. The Hall–Kier alpha value is -2.50. The van der Waals surface area contributed by atoms with Gasteiger partial charge in [0.25, 0.3) is 5.69 Å². The van der Waals surface area contributed by atoms with Gasteiger partial charge in [0.05, 0.1) is 17.6 Å². The van der Waals surface area contributed by atoms with Gasteiger partial charge < -0.3 is 4.74 Å². The van der Waals surface area contributed by atoms with Crippen LogP contribution in [0.4, 0.5) is 5.69 Å². The van der Waals surface area contributed by atoms with Crippen LogP contribution in [0.15, 0.2) is 30.3 Å². The maximum atomic E-state index is 13.1. The molecule has 1 aromatic rings. The quantitative estimate of drug-likeness (QED) is 0.451. The minimum absolute atomic E-state index is 0.0722. The second-order valence-electron chi connectivity index (χ2n) is 5.97. The number of allylic oxidation sites excluding steroid dienone is 2. The van der Waals surface area contributed by atoms with Crippen LogP contribution in [0.2, 0.25) is 0 Å². The van der Waals surface area contributed by atoms with E-state index in [9.17, 15) is 19.7 Å². The molecule has 0 heterocycles. The molecule has 0 saturated heterocycles. The highest BCUT2D eigenvalue weighted by molar-refractivity contribution is 6.24. The molecule has 0 aromatic heterocycles. The van der Waals surface area contributed by atoms with E-state index in [-0.39, 0.29) is 23.9 Å². The van der Waals surface area contributed by atoms with E-state index < -0.39 is 10.3 Å². The Labute approximate surface area is 140 Å². The molecular weight excluding hydrogens is 310 g/mol. The molecule has 0 aliphatic heterocycles. The van der Waals surface area contributed by atoms with Crippen LogP contribution in [0.25, 0.3) is 5.57 Å². The standard InChI is InChI=1S/C18H21NO5/c1-3-18(12-10-16(20)24-2)11-6-8-14(17(18)21)13-7-4-5-9-15(13)19(22)23/h4-5,7-9H,3,6,10-12H2,1-2H3/t18-/m0/s1. The SMILES string of the molecule is CC[C@@]1(CCC(=O)OC)CCC=C(c2ccccc2[N+](=O)[O-])C1=O. The molecule has 0 bridgehead atoms. The molecule has 6 heteroatoms. The first-order valence-electron chi connectivity index (χ1n) is 8.00. The van der Waals surface area contributed by atoms with Crippen molar-refractivity contribution >= 4 is 23.0 Å². The van der Waals surface area contributed by atoms with Gasteiger partial charge in [0, 0.05) is 23.5 Å². The lowest BCUT2D eigenvalue weighted by molar-refractivity contribution is -0.385. The monoisotopic (exact) mass is 331 g/mol. The molecule has 1 atom stereocenters. The van der Waals surface area contributed by atoms with E-state index in [1.807, 2.05) is 6.92 Å². The van der Waals surface area contributed by atoms with E-state index in [0.29, 0.717) is 36.8 Å². The van der Waals surface area contributed by atoms with Gasteiger partial charge in [-0.2, -0.15) is 0 Å². The van der Waals surface area contributed by atoms with Crippen LogP contribution in [-0.2, 0) is 14.3 Å². The highest BCUT2D eigenvalue weighted by Crippen LogP contribution is 2.44. The van der Waals surface area contributed by atoms with E-state index in [0.717, 1.165) is 0 Å². The third-order valence-electron chi connectivity index (χ3n) is 4.80. The summed E-state index contributed by atoms with van der Waals surface area (Å²) in [5.41, 5.74) is 0.00227. The summed E-state index contributed by atoms with van der Waals surface area (Å²) in [4.78, 5) is 35.4. The van der Waals surface area contributed by atoms with E-state index in [1.165, 1.54) is 13.2 Å². The highest BCUT2D eigenvalue weighted by Gasteiger charge is 2.41. The van der Waals surface area contributed by atoms with Crippen LogP contribution in [0.3, 0.4) is 0 Å². The molecule has 0 radical (unpaired) electrons. The van der Waals surface area contributed by atoms with Crippen molar-refractivity contribution in [1.82, 2.24) is 0 Å². The van der Waals surface area contributed by atoms with Gasteiger partial charge in [-0.1, -0.05) is 25.1 Å². The van der Waals surface area contributed by atoms with Crippen LogP contribution in [0, 0.1) is 15.5 Å². The molecule has 24 heavy (non-hydrogen) atoms. The van der Waals surface area contributed by atoms with Gasteiger partial charge in [-0.05, 0) is 31.7 Å². The summed E-state index contributed by atoms with van der Waals surface area (Å²) in [5.74, 6) is -0.466. The van der Waals surface area contributed by atoms with Crippen molar-refractivity contribution in [1.29, 1.82) is 0 Å². The summed E-state index contributed by atoms with van der Waals surface area (Å²) in [6.45, 7) is 1.91. The number of benzene rings is 1. The maximum absolute atomic E-state index is 13.1. The van der Waals surface area contributed by atoms with Gasteiger partial charge in [0.2, 0.25) is 0 Å². The fourth-order valence-electron chi connectivity index (χ4n) is 3.27. The van der Waals surface area contributed by atoms with Crippen molar-refractivity contribution in [3.8, 4) is 0 Å². The zero-order valence-corrected chi connectivity index (χ0v) is 13.9. The number of hydrogen-bond donors (Lipinski definition) is 0. The zero-order valence-electron chi connectivity index (χ0n) is 13.9. The third kappa shape index (κ3) is 3.37. The van der Waals surface area contributed by atoms with Crippen LogP contribution < -0.4 is 0 Å². The Bertz CT molecular complexity index is 694. The molecule has 0 N–H and O–H groups in total. The molecule has 0 amide bonds. The fourth-order valence-corrected chi connectivity index (χ4v) is 3.27. The lowest BCUT2D eigenvalue weighted by Gasteiger charge is -2.34. The number of Topliss-reactive ketones (excluding diaryl/α,β-unsaturated/α-hetero) is 1. The van der Waals surface area contributed by atoms with Crippen LogP contribution in [0.1, 0.15) is 44.6 Å². The van der Waals surface area contributed by atoms with Crippen molar-refractivity contribution in [3.05, 3.63) is 46.0 Å². The first kappa shape index (κ1) is 17.8. The summed E-state index contributed by atoms with van der Waals surface area (Å²) in [6.07, 6.45) is 4.22. The first-order valence-corrected chi connectivity index (χ1v) is 8.00. The van der Waals surface area contributed by atoms with Crippen molar-refractivity contribution in [2.24, 2.45) is 5.41 Å². The predicted molar refractivity (Wildman–Crippen MR) is 89.3 cm³/mol. The Morgan fingerprint density at radius 1 is 1.38 bits per heavy atom. The number of methoxy groups -OCH3 is 1. The smallest absolute Gasteiger partial charge is 0.305 e. The number of hydrogen-bond acceptors (Lipinski definition) is 5. The van der Waals surface area contributed by atoms with E-state index in [4.69, 9.17) is 0 Å². The minimum atomic E-state index is -0.665. The van der Waals surface area contributed by atoms with Crippen molar-refractivity contribution in [2.75, 3.05) is 7.11 Å². The number of nitro groups is 1. The number of esters is 1. The van der Waals surface area contributed by atoms with Crippen molar-refractivity contribution in [2.45, 2.75) is 39.0 Å². The minimum Gasteiger partial charge on any atom is -0.469 e. The lowest BCUT2D eigenvalue weighted by Crippen LogP contribution is -2.34. The van der Waals surface area contributed by atoms with Crippen molar-refractivity contribution < 1.29 is 19.2 Å². The first-order chi connectivity index (χ1) is 11.4. The van der Waals surface area contributed by atoms with Gasteiger partial charge in [0.15, 0.2) is 5.78 Å². The average molecular weight is 331 g/mol. The number of nitro benzene ring substituents is 1. The molecule has 2 rings (SSSR count). The highest BCUT2D eigenvalue weighted by atomic mass is 16.6. The molecule has 1 aliphatic carbocycles. The lowest BCUT2D eigenvalue weighted by atomic mass is 9.67. The second kappa shape index (κ2) is 7.38. The number of nitrogens with zero attached hydrogens (tertiary/aromatic N) is 1. The summed E-state index contributed by atoms with van der Waals surface area (Å²) in [7, 11) is 1.32. The molecule has 0 spiro atoms. The molecule has 1 aromatic carbocycles. The molecule has 0 saturated carbocycles. The number of carbonyl (C=O) groups excluding carboxylic acids is 2. The number of carbonyl (C=O) groups is 2. The second-order valence-corrected chi connectivity index (χ2v) is 5.97. The number of para-hydroxylation sites is 1. The molecule has 0 fully saturated rings. The van der Waals surface area contributed by atoms with Crippen LogP contribution in [0.5, 0.6) is 0 Å². The zero-order chi connectivity index (χ0) is 17.7. The predicted octanol–water partition coefficient (Wildman–Crippen LogP) is 3.69. The Balaban J connectivity index is 2.37. The Morgan fingerprint density at radius 2 is 2.08 bits per heavy atom. The van der Waals surface area contributed by atoms with Gasteiger partial charge in [0.1, 0.15) is 0 Å². The van der Waals surface area contributed by atoms with Crippen molar-refractivity contribution in [3.63, 3.8) is 0 Å². The average Bonchev–Trinajstić information content (AvgIpc) is 2.60. The Kier molecular flexibility index (Phi) is 5.49. The van der Waals surface area contributed by atoms with Crippen LogP contribution in [-0.4, -0.2) is 23.8 Å². The molecule has 128 valence electrons. The Morgan fingerprint density at radius 3 is 2.71 bits per heavy atom. The summed E-state index contributed by atoms with van der Waals surface area (Å²) >= 11 is 0. The fraction of sp³-hybridized carbons (Fsp3) is 0.444. The van der Waals surface area contributed by atoms with E-state index in [1.54, 1.807) is 24.3 Å². The maximum Gasteiger partial charge on any atom is 0.305 e. The topological polar surface area (TPSA) is 86.5 Å². The molecular formula is C18H21NO5. The number of ether oxygens (including phenoxy) is 1. The molecule has 1 aliphatic rings. The van der Waals surface area contributed by atoms with Crippen LogP contribution >= 0.6 is 0 Å². The van der Waals surface area contributed by atoms with Gasteiger partial charge in [-0.3, -0.25) is 19.7 Å². The van der Waals surface area contributed by atoms with Gasteiger partial charge in [-0.25, -0.2) is 0 Å². The van der Waals surface area contributed by atoms with E-state index >= 15 is 0 Å². The van der Waals surface area contributed by atoms with Gasteiger partial charge >= 0.3 is 5.97 Å². The molecule has 6 nitrogen and oxygen atoms in total. The summed E-state index contributed by atoms with van der Waals surface area (Å²) in [6, 6.07) is 6.28. The third-order valence-corrected chi connectivity index (χ3v) is 4.80. The normalized spacial score (nSPS) is 20.4. The largest absolute Gasteiger partial charge is 0.469 e. The van der Waals surface area contributed by atoms with E-state index in [2.05, 4.69) is 4.74 Å². The molecule has 0 unspecified atom stereocenters. The summed E-state index contributed by atoms with van der Waals surface area (Å²) in [5, 5.41) is 11.3. The number of ketones is 1. The number of rotatable bonds is 6.